The fraction of sp³-hybridized carbons (Fsp3) is 0.0476. The highest BCUT2D eigenvalue weighted by atomic mass is 79.9. The average Bonchev–Trinajstić information content (AvgIpc) is 3.55. The van der Waals surface area contributed by atoms with Crippen molar-refractivity contribution in [1.82, 2.24) is 17.5 Å². The van der Waals surface area contributed by atoms with Crippen LogP contribution in [0.5, 0.6) is 0 Å². The number of rotatable bonds is 2. The van der Waals surface area contributed by atoms with Gasteiger partial charge in [0.2, 0.25) is 0 Å². The van der Waals surface area contributed by atoms with E-state index in [1.54, 1.807) is 0 Å². The van der Waals surface area contributed by atoms with E-state index in [-0.39, 0.29) is 0 Å². The number of fused-ring (bicyclic) bond motifs is 5. The molecule has 150 valence electrons. The van der Waals surface area contributed by atoms with Gasteiger partial charge in [0, 0.05) is 46.0 Å². The van der Waals surface area contributed by atoms with Gasteiger partial charge in [0.15, 0.2) is 0 Å². The zero-order valence-corrected chi connectivity index (χ0v) is 21.8. The minimum atomic E-state index is 0.936. The highest BCUT2D eigenvalue weighted by Gasteiger charge is 2.27. The minimum absolute atomic E-state index is 0.936. The van der Waals surface area contributed by atoms with E-state index in [2.05, 4.69) is 85.8 Å². The van der Waals surface area contributed by atoms with E-state index in [1.807, 2.05) is 22.7 Å². The normalized spacial score (nSPS) is 12.7. The third kappa shape index (κ3) is 2.79. The summed E-state index contributed by atoms with van der Waals surface area (Å²) in [6, 6.07) is 13.1. The van der Waals surface area contributed by atoms with Crippen LogP contribution in [0.2, 0.25) is 0 Å². The number of halogens is 2. The molecule has 7 rings (SSSR count). The van der Waals surface area contributed by atoms with Crippen LogP contribution in [-0.4, -0.2) is 17.5 Å². The lowest BCUT2D eigenvalue weighted by atomic mass is 10.1. The Balaban J connectivity index is 1.35. The second-order valence-corrected chi connectivity index (χ2v) is 12.1. The van der Waals surface area contributed by atoms with Gasteiger partial charge >= 0.3 is 0 Å². The van der Waals surface area contributed by atoms with Crippen LogP contribution in [0, 0.1) is 0 Å². The van der Waals surface area contributed by atoms with E-state index in [0.29, 0.717) is 0 Å². The predicted molar refractivity (Wildman–Crippen MR) is 139 cm³/mol. The van der Waals surface area contributed by atoms with Crippen molar-refractivity contribution in [3.05, 3.63) is 56.5 Å². The summed E-state index contributed by atoms with van der Waals surface area (Å²) in [6.45, 7) is 0. The molecule has 0 N–H and O–H groups in total. The zero-order valence-electron chi connectivity index (χ0n) is 15.3. The molecule has 2 aromatic carbocycles. The van der Waals surface area contributed by atoms with Crippen molar-refractivity contribution in [2.24, 2.45) is 0 Å². The maximum absolute atomic E-state index is 4.55. The molecule has 0 amide bonds. The van der Waals surface area contributed by atoms with Crippen LogP contribution in [-0.2, 0) is 6.42 Å². The molecule has 0 unspecified atom stereocenters. The molecule has 1 aliphatic carbocycles. The molecular weight excluding hydrogens is 596 g/mol. The fourth-order valence-electron chi connectivity index (χ4n) is 4.05. The van der Waals surface area contributed by atoms with Gasteiger partial charge in [-0.2, -0.15) is 17.5 Å². The van der Waals surface area contributed by atoms with Gasteiger partial charge in [-0.15, -0.1) is 22.7 Å². The Morgan fingerprint density at radius 2 is 1.06 bits per heavy atom. The van der Waals surface area contributed by atoms with Gasteiger partial charge in [-0.05, 0) is 67.3 Å². The molecule has 4 heterocycles. The van der Waals surface area contributed by atoms with Gasteiger partial charge < -0.3 is 0 Å². The topological polar surface area (TPSA) is 51.6 Å². The Kier molecular flexibility index (Phi) is 4.26. The lowest BCUT2D eigenvalue weighted by Crippen LogP contribution is -1.81. The molecule has 6 aromatic rings. The smallest absolute Gasteiger partial charge is 0.119 e. The van der Waals surface area contributed by atoms with Crippen molar-refractivity contribution >= 4 is 100 Å². The predicted octanol–water partition coefficient (Wildman–Crippen LogP) is 8.25. The standard InChI is InChI=1S/C21H8Br2N4S4/c22-12-3-1-10(16-18(12)26-30-24-16)14-6-8-5-9-7-15(29-21(9)20(8)28-14)11-2-4-13(23)19-17(11)25-31-27-19/h1-4,6-7H,5H2. The van der Waals surface area contributed by atoms with E-state index < -0.39 is 0 Å². The lowest BCUT2D eigenvalue weighted by molar-refractivity contribution is 1.28. The summed E-state index contributed by atoms with van der Waals surface area (Å²) in [5, 5.41) is 0. The Morgan fingerprint density at radius 1 is 0.613 bits per heavy atom. The molecule has 0 saturated carbocycles. The van der Waals surface area contributed by atoms with Crippen LogP contribution < -0.4 is 0 Å². The van der Waals surface area contributed by atoms with Crippen molar-refractivity contribution < 1.29 is 0 Å². The first kappa shape index (κ1) is 19.0. The first-order valence-electron chi connectivity index (χ1n) is 9.25. The van der Waals surface area contributed by atoms with Gasteiger partial charge in [0.25, 0.3) is 0 Å². The van der Waals surface area contributed by atoms with Gasteiger partial charge in [-0.1, -0.05) is 12.1 Å². The summed E-state index contributed by atoms with van der Waals surface area (Å²) in [7, 11) is 0. The highest BCUT2D eigenvalue weighted by Crippen LogP contribution is 2.52. The van der Waals surface area contributed by atoms with Crippen LogP contribution in [0.25, 0.3) is 52.7 Å². The molecule has 4 aromatic heterocycles. The summed E-state index contributed by atoms with van der Waals surface area (Å²) >= 11 is 13.4. The second kappa shape index (κ2) is 6.97. The number of thiophene rings is 2. The Bertz CT molecular complexity index is 1540. The SMILES string of the molecule is Brc1ccc(-c2cc3c(s2)-c2sc(-c4ccc(Br)c5nsnc45)cc2C3)c2nsnc12. The van der Waals surface area contributed by atoms with Crippen LogP contribution in [0.1, 0.15) is 11.1 Å². The Hall–Kier alpha value is -1.56. The number of aromatic nitrogens is 4. The molecule has 31 heavy (non-hydrogen) atoms. The van der Waals surface area contributed by atoms with E-state index in [9.17, 15) is 0 Å². The fourth-order valence-corrected chi connectivity index (χ4v) is 8.86. The summed E-state index contributed by atoms with van der Waals surface area (Å²) in [5.41, 5.74) is 8.95. The Morgan fingerprint density at radius 3 is 1.55 bits per heavy atom. The minimum Gasteiger partial charge on any atom is -0.172 e. The van der Waals surface area contributed by atoms with Gasteiger partial charge in [0.1, 0.15) is 22.1 Å². The first-order chi connectivity index (χ1) is 15.2. The largest absolute Gasteiger partial charge is 0.172 e. The molecule has 1 aliphatic rings. The quantitative estimate of drug-likeness (QED) is 0.200. The van der Waals surface area contributed by atoms with Crippen molar-refractivity contribution in [2.75, 3.05) is 0 Å². The monoisotopic (exact) mass is 602 g/mol. The van der Waals surface area contributed by atoms with Crippen LogP contribution in [0.4, 0.5) is 0 Å². The maximum atomic E-state index is 4.55. The summed E-state index contributed by atoms with van der Waals surface area (Å²) in [6.07, 6.45) is 0.974. The van der Waals surface area contributed by atoms with Crippen molar-refractivity contribution in [2.45, 2.75) is 6.42 Å². The highest BCUT2D eigenvalue weighted by molar-refractivity contribution is 9.11. The molecule has 0 spiro atoms. The van der Waals surface area contributed by atoms with E-state index >= 15 is 0 Å². The summed E-state index contributed by atoms with van der Waals surface area (Å²) in [5.74, 6) is 0. The van der Waals surface area contributed by atoms with E-state index in [0.717, 1.165) is 48.6 Å². The molecule has 4 nitrogen and oxygen atoms in total. The van der Waals surface area contributed by atoms with Gasteiger partial charge in [-0.3, -0.25) is 0 Å². The number of benzene rings is 2. The second-order valence-electron chi connectivity index (χ2n) is 7.22. The summed E-state index contributed by atoms with van der Waals surface area (Å²) < 4.78 is 20.0. The Labute approximate surface area is 209 Å². The van der Waals surface area contributed by atoms with E-state index in [4.69, 9.17) is 0 Å². The third-order valence-corrected chi connectivity index (χ3v) is 10.4. The zero-order chi connectivity index (χ0) is 20.7. The number of hydrogen-bond donors (Lipinski definition) is 0. The van der Waals surface area contributed by atoms with Gasteiger partial charge in [-0.25, -0.2) is 0 Å². The number of hydrogen-bond acceptors (Lipinski definition) is 8. The number of nitrogens with zero attached hydrogens (tertiary/aromatic N) is 4. The van der Waals surface area contributed by atoms with Gasteiger partial charge in [0.05, 0.1) is 23.5 Å². The molecule has 0 radical (unpaired) electrons. The molecular formula is C21H8Br2N4S4. The van der Waals surface area contributed by atoms with Crippen LogP contribution in [0.3, 0.4) is 0 Å². The summed E-state index contributed by atoms with van der Waals surface area (Å²) in [4.78, 5) is 5.27. The molecule has 0 fully saturated rings. The van der Waals surface area contributed by atoms with Crippen LogP contribution >= 0.6 is 78.0 Å². The average molecular weight is 604 g/mol. The molecule has 0 aliphatic heterocycles. The third-order valence-electron chi connectivity index (χ3n) is 5.47. The lowest BCUT2D eigenvalue weighted by Gasteiger charge is -2.00. The van der Waals surface area contributed by atoms with Crippen molar-refractivity contribution in [3.8, 4) is 30.6 Å². The molecule has 10 heteroatoms. The van der Waals surface area contributed by atoms with Crippen molar-refractivity contribution in [1.29, 1.82) is 0 Å². The molecule has 0 bridgehead atoms. The van der Waals surface area contributed by atoms with Crippen molar-refractivity contribution in [3.63, 3.8) is 0 Å². The molecule has 0 saturated heterocycles. The van der Waals surface area contributed by atoms with E-state index in [1.165, 1.54) is 54.1 Å². The first-order valence-corrected chi connectivity index (χ1v) is 13.9. The van der Waals surface area contributed by atoms with Crippen LogP contribution in [0.15, 0.2) is 45.3 Å². The maximum Gasteiger partial charge on any atom is 0.119 e. The molecule has 0 atom stereocenters.